The summed E-state index contributed by atoms with van der Waals surface area (Å²) in [6.45, 7) is 9.09. The summed E-state index contributed by atoms with van der Waals surface area (Å²) in [6.07, 6.45) is 1.47. The van der Waals surface area contributed by atoms with Crippen LogP contribution in [0.5, 0.6) is 5.88 Å². The molecule has 1 aromatic rings. The van der Waals surface area contributed by atoms with E-state index in [9.17, 15) is 4.79 Å². The number of aromatic nitrogens is 1. The molecule has 130 valence electrons. The van der Waals surface area contributed by atoms with Gasteiger partial charge in [-0.05, 0) is 32.8 Å². The van der Waals surface area contributed by atoms with Crippen molar-refractivity contribution in [1.29, 1.82) is 0 Å². The van der Waals surface area contributed by atoms with E-state index in [-0.39, 0.29) is 5.91 Å². The molecule has 0 aliphatic heterocycles. The second kappa shape index (κ2) is 9.47. The molecule has 1 heterocycles. The summed E-state index contributed by atoms with van der Waals surface area (Å²) < 4.78 is 16.1. The monoisotopic (exact) mass is 324 g/mol. The Labute approximate surface area is 138 Å². The molecule has 0 aromatic carbocycles. The van der Waals surface area contributed by atoms with Gasteiger partial charge in [0.25, 0.3) is 5.91 Å². The third-order valence-corrected chi connectivity index (χ3v) is 3.63. The molecule has 0 saturated heterocycles. The van der Waals surface area contributed by atoms with Crippen LogP contribution < -0.4 is 10.1 Å². The van der Waals surface area contributed by atoms with Crippen molar-refractivity contribution in [3.05, 3.63) is 17.8 Å². The molecule has 0 aliphatic carbocycles. The number of methoxy groups -OCH3 is 1. The Bertz CT molecular complexity index is 507. The minimum absolute atomic E-state index is 0.161. The van der Waals surface area contributed by atoms with Crippen LogP contribution in [0.1, 0.15) is 39.3 Å². The van der Waals surface area contributed by atoms with E-state index in [2.05, 4.69) is 10.3 Å². The average molecular weight is 324 g/mol. The molecule has 1 rings (SSSR count). The van der Waals surface area contributed by atoms with Crippen molar-refractivity contribution in [3.8, 4) is 5.88 Å². The number of aryl methyl sites for hydroxylation is 1. The molecule has 0 bridgehead atoms. The van der Waals surface area contributed by atoms with Crippen molar-refractivity contribution in [1.82, 2.24) is 4.98 Å². The highest BCUT2D eigenvalue weighted by molar-refractivity contribution is 5.97. The van der Waals surface area contributed by atoms with Crippen molar-refractivity contribution >= 4 is 11.6 Å². The molecule has 1 N–H and O–H groups in total. The maximum atomic E-state index is 12.5. The summed E-state index contributed by atoms with van der Waals surface area (Å²) in [4.78, 5) is 16.8. The minimum Gasteiger partial charge on any atom is -0.475 e. The van der Waals surface area contributed by atoms with Crippen molar-refractivity contribution in [2.24, 2.45) is 0 Å². The van der Waals surface area contributed by atoms with Gasteiger partial charge >= 0.3 is 0 Å². The van der Waals surface area contributed by atoms with Crippen LogP contribution in [-0.2, 0) is 14.3 Å². The van der Waals surface area contributed by atoms with E-state index >= 15 is 0 Å². The molecular weight excluding hydrogens is 296 g/mol. The number of ether oxygens (including phenoxy) is 3. The molecule has 0 spiro atoms. The van der Waals surface area contributed by atoms with Crippen LogP contribution in [0.25, 0.3) is 0 Å². The number of nitrogens with one attached hydrogen (secondary N) is 1. The summed E-state index contributed by atoms with van der Waals surface area (Å²) in [5.74, 6) is 0.351. The molecule has 0 fully saturated rings. The van der Waals surface area contributed by atoms with Gasteiger partial charge in [-0.1, -0.05) is 13.8 Å². The van der Waals surface area contributed by atoms with Gasteiger partial charge in [0, 0.05) is 19.8 Å². The zero-order chi connectivity index (χ0) is 17.3. The Morgan fingerprint density at radius 3 is 2.57 bits per heavy atom. The Hall–Kier alpha value is -1.66. The Balaban J connectivity index is 2.74. The lowest BCUT2D eigenvalue weighted by molar-refractivity contribution is -0.139. The van der Waals surface area contributed by atoms with E-state index < -0.39 is 5.60 Å². The molecule has 23 heavy (non-hydrogen) atoms. The SMILES string of the molecule is CCCOC(C)(CC)C(=O)Nc1ccc(OCCOC)nc1C. The van der Waals surface area contributed by atoms with Gasteiger partial charge in [0.1, 0.15) is 12.2 Å². The van der Waals surface area contributed by atoms with Crippen molar-refractivity contribution in [3.63, 3.8) is 0 Å². The van der Waals surface area contributed by atoms with Gasteiger partial charge in [-0.3, -0.25) is 4.79 Å². The van der Waals surface area contributed by atoms with E-state index in [1.54, 1.807) is 19.2 Å². The highest BCUT2D eigenvalue weighted by Crippen LogP contribution is 2.22. The predicted molar refractivity (Wildman–Crippen MR) is 89.9 cm³/mol. The summed E-state index contributed by atoms with van der Waals surface area (Å²) in [6, 6.07) is 3.52. The standard InChI is InChI=1S/C17H28N2O4/c1-6-10-23-17(4,7-2)16(20)19-14-8-9-15(18-13(14)3)22-12-11-21-5/h8-9H,6-7,10-12H2,1-5H3,(H,19,20). The highest BCUT2D eigenvalue weighted by atomic mass is 16.5. The first-order chi connectivity index (χ1) is 11.0. The van der Waals surface area contributed by atoms with Gasteiger partial charge in [0.05, 0.1) is 18.0 Å². The third-order valence-electron chi connectivity index (χ3n) is 3.63. The summed E-state index contributed by atoms with van der Waals surface area (Å²) in [7, 11) is 1.62. The predicted octanol–water partition coefficient (Wildman–Crippen LogP) is 2.95. The molecule has 0 saturated carbocycles. The van der Waals surface area contributed by atoms with E-state index in [4.69, 9.17) is 14.2 Å². The van der Waals surface area contributed by atoms with E-state index in [0.29, 0.717) is 43.5 Å². The lowest BCUT2D eigenvalue weighted by Crippen LogP contribution is -2.42. The molecule has 1 unspecified atom stereocenters. The second-order valence-corrected chi connectivity index (χ2v) is 5.51. The van der Waals surface area contributed by atoms with Crippen molar-refractivity contribution < 1.29 is 19.0 Å². The largest absolute Gasteiger partial charge is 0.475 e. The van der Waals surface area contributed by atoms with Gasteiger partial charge in [-0.15, -0.1) is 0 Å². The number of amides is 1. The van der Waals surface area contributed by atoms with Crippen LogP contribution in [0.4, 0.5) is 5.69 Å². The van der Waals surface area contributed by atoms with E-state index in [1.807, 2.05) is 27.7 Å². The first kappa shape index (κ1) is 19.4. The number of carbonyl (C=O) groups excluding carboxylic acids is 1. The summed E-state index contributed by atoms with van der Waals surface area (Å²) in [5, 5.41) is 2.90. The van der Waals surface area contributed by atoms with Crippen LogP contribution in [0, 0.1) is 6.92 Å². The highest BCUT2D eigenvalue weighted by Gasteiger charge is 2.32. The second-order valence-electron chi connectivity index (χ2n) is 5.51. The van der Waals surface area contributed by atoms with Crippen LogP contribution in [0.2, 0.25) is 0 Å². The Kier molecular flexibility index (Phi) is 7.98. The van der Waals surface area contributed by atoms with E-state index in [0.717, 1.165) is 6.42 Å². The number of hydrogen-bond acceptors (Lipinski definition) is 5. The molecule has 1 atom stereocenters. The van der Waals surface area contributed by atoms with Gasteiger partial charge in [0.2, 0.25) is 5.88 Å². The van der Waals surface area contributed by atoms with Gasteiger partial charge in [-0.25, -0.2) is 4.98 Å². The first-order valence-electron chi connectivity index (χ1n) is 8.01. The fourth-order valence-electron chi connectivity index (χ4n) is 1.89. The van der Waals surface area contributed by atoms with Gasteiger partial charge < -0.3 is 19.5 Å². The smallest absolute Gasteiger partial charge is 0.256 e. The minimum atomic E-state index is -0.837. The van der Waals surface area contributed by atoms with Crippen LogP contribution in [-0.4, -0.2) is 43.4 Å². The van der Waals surface area contributed by atoms with Crippen LogP contribution in [0.3, 0.4) is 0 Å². The maximum Gasteiger partial charge on any atom is 0.256 e. The number of carbonyl (C=O) groups is 1. The molecule has 0 radical (unpaired) electrons. The number of hydrogen-bond donors (Lipinski definition) is 1. The van der Waals surface area contributed by atoms with Gasteiger partial charge in [-0.2, -0.15) is 0 Å². The normalized spacial score (nSPS) is 13.4. The summed E-state index contributed by atoms with van der Waals surface area (Å²) >= 11 is 0. The number of pyridine rings is 1. The van der Waals surface area contributed by atoms with E-state index in [1.165, 1.54) is 0 Å². The zero-order valence-corrected chi connectivity index (χ0v) is 14.8. The Morgan fingerprint density at radius 2 is 2.00 bits per heavy atom. The molecule has 0 aliphatic rings. The van der Waals surface area contributed by atoms with Crippen molar-refractivity contribution in [2.75, 3.05) is 32.2 Å². The molecule has 6 heteroatoms. The zero-order valence-electron chi connectivity index (χ0n) is 14.8. The molecular formula is C17H28N2O4. The fourth-order valence-corrected chi connectivity index (χ4v) is 1.89. The number of rotatable bonds is 10. The van der Waals surface area contributed by atoms with Crippen LogP contribution in [0.15, 0.2) is 12.1 Å². The third kappa shape index (κ3) is 5.80. The first-order valence-corrected chi connectivity index (χ1v) is 8.01. The lowest BCUT2D eigenvalue weighted by Gasteiger charge is -2.27. The Morgan fingerprint density at radius 1 is 1.26 bits per heavy atom. The topological polar surface area (TPSA) is 69.7 Å². The van der Waals surface area contributed by atoms with Gasteiger partial charge in [0.15, 0.2) is 0 Å². The fraction of sp³-hybridized carbons (Fsp3) is 0.647. The number of anilines is 1. The maximum absolute atomic E-state index is 12.5. The van der Waals surface area contributed by atoms with Crippen LogP contribution >= 0.6 is 0 Å². The molecule has 1 aromatic heterocycles. The van der Waals surface area contributed by atoms with Crippen molar-refractivity contribution in [2.45, 2.75) is 46.1 Å². The summed E-state index contributed by atoms with van der Waals surface area (Å²) in [5.41, 5.74) is 0.520. The quantitative estimate of drug-likeness (QED) is 0.670. The molecule has 1 amide bonds. The molecule has 6 nitrogen and oxygen atoms in total. The lowest BCUT2D eigenvalue weighted by atomic mass is 10.0. The average Bonchev–Trinajstić information content (AvgIpc) is 2.55. The number of nitrogens with zero attached hydrogens (tertiary/aromatic N) is 1.